The highest BCUT2D eigenvalue weighted by Gasteiger charge is 2.20. The molecule has 1 aliphatic rings. The lowest BCUT2D eigenvalue weighted by Crippen LogP contribution is -1.99. The molecule has 0 aromatic heterocycles. The van der Waals surface area contributed by atoms with Gasteiger partial charge in [0.05, 0.1) is 0 Å². The minimum absolute atomic E-state index is 0.0205. The summed E-state index contributed by atoms with van der Waals surface area (Å²) < 4.78 is 5.00. The van der Waals surface area contributed by atoms with Gasteiger partial charge in [-0.25, -0.2) is 0 Å². The van der Waals surface area contributed by atoms with Crippen molar-refractivity contribution in [3.8, 4) is 0 Å². The van der Waals surface area contributed by atoms with E-state index in [2.05, 4.69) is 0 Å². The van der Waals surface area contributed by atoms with Crippen molar-refractivity contribution in [3.05, 3.63) is 11.5 Å². The van der Waals surface area contributed by atoms with Crippen LogP contribution >= 0.6 is 0 Å². The van der Waals surface area contributed by atoms with E-state index in [4.69, 9.17) is 14.9 Å². The summed E-state index contributed by atoms with van der Waals surface area (Å²) in [5.41, 5.74) is 0. The number of rotatable bonds is 1. The lowest BCUT2D eigenvalue weighted by Gasteiger charge is -2.02. The van der Waals surface area contributed by atoms with Crippen molar-refractivity contribution in [2.45, 2.75) is 19.4 Å². The standard InChI is InChI=1S/C6H10O3/c1-4-2-5(8)6(3-7)9-4/h4,7-8H,2-3H2,1H3/t4-/m0/s1. The van der Waals surface area contributed by atoms with Crippen LogP contribution in [0, 0.1) is 0 Å². The van der Waals surface area contributed by atoms with E-state index in [-0.39, 0.29) is 18.5 Å². The van der Waals surface area contributed by atoms with Crippen molar-refractivity contribution in [2.24, 2.45) is 0 Å². The second kappa shape index (κ2) is 2.27. The van der Waals surface area contributed by atoms with Gasteiger partial charge in [0.25, 0.3) is 0 Å². The maximum absolute atomic E-state index is 8.95. The Morgan fingerprint density at radius 1 is 1.78 bits per heavy atom. The number of ether oxygens (including phenoxy) is 1. The van der Waals surface area contributed by atoms with Crippen LogP contribution in [0.3, 0.4) is 0 Å². The fourth-order valence-electron chi connectivity index (χ4n) is 0.867. The Labute approximate surface area is 53.6 Å². The molecular formula is C6H10O3. The van der Waals surface area contributed by atoms with E-state index < -0.39 is 0 Å². The van der Waals surface area contributed by atoms with Crippen LogP contribution in [0.1, 0.15) is 13.3 Å². The summed E-state index contributed by atoms with van der Waals surface area (Å²) in [5.74, 6) is 0.507. The smallest absolute Gasteiger partial charge is 0.159 e. The van der Waals surface area contributed by atoms with Crippen molar-refractivity contribution in [1.29, 1.82) is 0 Å². The Kier molecular flexibility index (Phi) is 1.62. The van der Waals surface area contributed by atoms with E-state index in [0.29, 0.717) is 12.2 Å². The summed E-state index contributed by atoms with van der Waals surface area (Å²) >= 11 is 0. The van der Waals surface area contributed by atoms with Crippen LogP contribution in [-0.4, -0.2) is 22.9 Å². The van der Waals surface area contributed by atoms with E-state index in [1.807, 2.05) is 6.92 Å². The van der Waals surface area contributed by atoms with E-state index >= 15 is 0 Å². The minimum atomic E-state index is -0.198. The molecule has 52 valence electrons. The average molecular weight is 130 g/mol. The third-order valence-electron chi connectivity index (χ3n) is 1.29. The molecule has 0 aromatic carbocycles. The molecule has 1 atom stereocenters. The monoisotopic (exact) mass is 130 g/mol. The van der Waals surface area contributed by atoms with Gasteiger partial charge in [-0.2, -0.15) is 0 Å². The van der Waals surface area contributed by atoms with E-state index in [1.54, 1.807) is 0 Å². The zero-order valence-electron chi connectivity index (χ0n) is 5.29. The van der Waals surface area contributed by atoms with Crippen LogP contribution in [0.5, 0.6) is 0 Å². The average Bonchev–Trinajstić information content (AvgIpc) is 2.10. The second-order valence-electron chi connectivity index (χ2n) is 2.16. The van der Waals surface area contributed by atoms with Crippen LogP contribution in [0.25, 0.3) is 0 Å². The van der Waals surface area contributed by atoms with Crippen molar-refractivity contribution < 1.29 is 14.9 Å². The first kappa shape index (κ1) is 6.42. The molecule has 0 unspecified atom stereocenters. The van der Waals surface area contributed by atoms with Gasteiger partial charge in [0.1, 0.15) is 18.5 Å². The molecule has 0 aromatic rings. The summed E-state index contributed by atoms with van der Waals surface area (Å²) in [6, 6.07) is 0. The minimum Gasteiger partial charge on any atom is -0.509 e. The van der Waals surface area contributed by atoms with Gasteiger partial charge in [-0.05, 0) is 6.92 Å². The van der Waals surface area contributed by atoms with E-state index in [9.17, 15) is 0 Å². The number of hydrogen-bond donors (Lipinski definition) is 2. The van der Waals surface area contributed by atoms with Crippen LogP contribution in [0.2, 0.25) is 0 Å². The Bertz CT molecular complexity index is 139. The molecule has 1 rings (SSSR count). The molecular weight excluding hydrogens is 120 g/mol. The van der Waals surface area contributed by atoms with Gasteiger partial charge in [0.2, 0.25) is 0 Å². The Hall–Kier alpha value is -0.700. The lowest BCUT2D eigenvalue weighted by molar-refractivity contribution is 0.126. The van der Waals surface area contributed by atoms with Gasteiger partial charge in [-0.3, -0.25) is 0 Å². The number of hydrogen-bond acceptors (Lipinski definition) is 3. The highest BCUT2D eigenvalue weighted by Crippen LogP contribution is 2.21. The third kappa shape index (κ3) is 1.16. The molecule has 0 bridgehead atoms. The van der Waals surface area contributed by atoms with Gasteiger partial charge in [-0.1, -0.05) is 0 Å². The van der Waals surface area contributed by atoms with Gasteiger partial charge in [-0.15, -0.1) is 0 Å². The highest BCUT2D eigenvalue weighted by molar-refractivity contribution is 5.06. The van der Waals surface area contributed by atoms with Gasteiger partial charge >= 0.3 is 0 Å². The van der Waals surface area contributed by atoms with Crippen LogP contribution in [0.15, 0.2) is 11.5 Å². The molecule has 0 radical (unpaired) electrons. The number of aliphatic hydroxyl groups excluding tert-OH is 2. The summed E-state index contributed by atoms with van der Waals surface area (Å²) in [7, 11) is 0. The molecule has 0 fully saturated rings. The predicted octanol–water partition coefficient (Wildman–Crippen LogP) is 0.557. The first-order valence-corrected chi connectivity index (χ1v) is 2.92. The maximum Gasteiger partial charge on any atom is 0.159 e. The van der Waals surface area contributed by atoms with Crippen molar-refractivity contribution in [1.82, 2.24) is 0 Å². The summed E-state index contributed by atoms with van der Waals surface area (Å²) in [6.07, 6.45) is 0.544. The molecule has 9 heavy (non-hydrogen) atoms. The van der Waals surface area contributed by atoms with Gasteiger partial charge in [0.15, 0.2) is 5.76 Å². The normalized spacial score (nSPS) is 26.7. The maximum atomic E-state index is 8.95. The topological polar surface area (TPSA) is 49.7 Å². The molecule has 1 aliphatic heterocycles. The lowest BCUT2D eigenvalue weighted by atomic mass is 10.3. The molecule has 3 nitrogen and oxygen atoms in total. The van der Waals surface area contributed by atoms with Crippen LogP contribution in [-0.2, 0) is 4.74 Å². The molecule has 0 saturated carbocycles. The Morgan fingerprint density at radius 3 is 2.67 bits per heavy atom. The van der Waals surface area contributed by atoms with Gasteiger partial charge < -0.3 is 14.9 Å². The first-order valence-electron chi connectivity index (χ1n) is 2.92. The van der Waals surface area contributed by atoms with Crippen molar-refractivity contribution in [2.75, 3.05) is 6.61 Å². The summed E-state index contributed by atoms with van der Waals surface area (Å²) in [6.45, 7) is 1.65. The predicted molar refractivity (Wildman–Crippen MR) is 31.9 cm³/mol. The fraction of sp³-hybridized carbons (Fsp3) is 0.667. The fourth-order valence-corrected chi connectivity index (χ4v) is 0.867. The first-order chi connectivity index (χ1) is 4.24. The third-order valence-corrected chi connectivity index (χ3v) is 1.29. The molecule has 3 heteroatoms. The molecule has 0 aliphatic carbocycles. The Balaban J connectivity index is 2.58. The molecule has 2 N–H and O–H groups in total. The van der Waals surface area contributed by atoms with E-state index in [0.717, 1.165) is 0 Å². The summed E-state index contributed by atoms with van der Waals surface area (Å²) in [4.78, 5) is 0. The zero-order valence-corrected chi connectivity index (χ0v) is 5.29. The van der Waals surface area contributed by atoms with Crippen LogP contribution in [0.4, 0.5) is 0 Å². The highest BCUT2D eigenvalue weighted by atomic mass is 16.5. The second-order valence-corrected chi connectivity index (χ2v) is 2.16. The van der Waals surface area contributed by atoms with Crippen LogP contribution < -0.4 is 0 Å². The van der Waals surface area contributed by atoms with Crippen molar-refractivity contribution >= 4 is 0 Å². The number of aliphatic hydroxyl groups is 2. The molecule has 0 amide bonds. The van der Waals surface area contributed by atoms with Gasteiger partial charge in [0, 0.05) is 6.42 Å². The molecule has 1 heterocycles. The zero-order chi connectivity index (χ0) is 6.85. The SMILES string of the molecule is C[C@H]1CC(O)=C(CO)O1. The quantitative estimate of drug-likeness (QED) is 0.545. The molecule has 0 saturated heterocycles. The van der Waals surface area contributed by atoms with Crippen molar-refractivity contribution in [3.63, 3.8) is 0 Å². The Morgan fingerprint density at radius 2 is 2.44 bits per heavy atom. The largest absolute Gasteiger partial charge is 0.509 e. The van der Waals surface area contributed by atoms with E-state index in [1.165, 1.54) is 0 Å². The summed E-state index contributed by atoms with van der Waals surface area (Å²) in [5, 5.41) is 17.5. The molecule has 0 spiro atoms.